The van der Waals surface area contributed by atoms with Crippen molar-refractivity contribution in [1.29, 1.82) is 0 Å². The van der Waals surface area contributed by atoms with E-state index >= 15 is 0 Å². The van der Waals surface area contributed by atoms with Gasteiger partial charge in [0.05, 0.1) is 12.8 Å². The van der Waals surface area contributed by atoms with Crippen molar-refractivity contribution in [1.82, 2.24) is 5.32 Å². The van der Waals surface area contributed by atoms with E-state index in [-0.39, 0.29) is 11.8 Å². The van der Waals surface area contributed by atoms with E-state index < -0.39 is 0 Å². The van der Waals surface area contributed by atoms with Crippen molar-refractivity contribution < 1.29 is 9.53 Å². The van der Waals surface area contributed by atoms with Gasteiger partial charge >= 0.3 is 0 Å². The highest BCUT2D eigenvalue weighted by Gasteiger charge is 2.14. The third-order valence-corrected chi connectivity index (χ3v) is 3.27. The van der Waals surface area contributed by atoms with Crippen molar-refractivity contribution in [3.63, 3.8) is 0 Å². The molecule has 0 spiro atoms. The van der Waals surface area contributed by atoms with Crippen molar-refractivity contribution in [3.05, 3.63) is 22.7 Å². The number of halogens is 1. The van der Waals surface area contributed by atoms with Crippen molar-refractivity contribution in [2.24, 2.45) is 5.92 Å². The summed E-state index contributed by atoms with van der Waals surface area (Å²) < 4.78 is 5.97. The quantitative estimate of drug-likeness (QED) is 0.848. The molecular formula is C13H19BrN2O2. The average molecular weight is 315 g/mol. The van der Waals surface area contributed by atoms with Gasteiger partial charge in [0.1, 0.15) is 5.75 Å². The Bertz CT molecular complexity index is 410. The van der Waals surface area contributed by atoms with Crippen molar-refractivity contribution in [2.45, 2.75) is 13.8 Å². The van der Waals surface area contributed by atoms with Gasteiger partial charge in [-0.1, -0.05) is 13.8 Å². The first-order valence-electron chi connectivity index (χ1n) is 5.93. The molecule has 1 rings (SSSR count). The van der Waals surface area contributed by atoms with Crippen LogP contribution in [-0.2, 0) is 4.79 Å². The fourth-order valence-corrected chi connectivity index (χ4v) is 1.78. The molecule has 0 saturated heterocycles. The first-order valence-corrected chi connectivity index (χ1v) is 6.72. The summed E-state index contributed by atoms with van der Waals surface area (Å²) in [6, 6.07) is 5.48. The van der Waals surface area contributed by atoms with E-state index in [0.29, 0.717) is 12.3 Å². The van der Waals surface area contributed by atoms with Gasteiger partial charge < -0.3 is 15.4 Å². The van der Waals surface area contributed by atoms with Crippen LogP contribution in [0.25, 0.3) is 0 Å². The smallest absolute Gasteiger partial charge is 0.228 e. The molecule has 5 heteroatoms. The summed E-state index contributed by atoms with van der Waals surface area (Å²) in [5, 5.41) is 6.04. The molecule has 0 aliphatic heterocycles. The number of carbonyl (C=O) groups excluding carboxylic acids is 1. The third-order valence-electron chi connectivity index (χ3n) is 2.58. The summed E-state index contributed by atoms with van der Waals surface area (Å²) in [7, 11) is 1.60. The zero-order valence-corrected chi connectivity index (χ0v) is 12.5. The van der Waals surface area contributed by atoms with Crippen molar-refractivity contribution in [3.8, 4) is 5.75 Å². The van der Waals surface area contributed by atoms with Crippen LogP contribution >= 0.6 is 15.9 Å². The number of anilines is 1. The van der Waals surface area contributed by atoms with Gasteiger partial charge in [-0.05, 0) is 34.6 Å². The van der Waals surface area contributed by atoms with Crippen LogP contribution in [0.2, 0.25) is 0 Å². The Morgan fingerprint density at radius 1 is 1.50 bits per heavy atom. The number of amides is 1. The highest BCUT2D eigenvalue weighted by atomic mass is 79.9. The van der Waals surface area contributed by atoms with E-state index in [4.69, 9.17) is 4.74 Å². The van der Waals surface area contributed by atoms with Gasteiger partial charge in [-0.15, -0.1) is 0 Å². The van der Waals surface area contributed by atoms with Crippen molar-refractivity contribution in [2.75, 3.05) is 25.5 Å². The second kappa shape index (κ2) is 7.38. The Morgan fingerprint density at radius 3 is 2.83 bits per heavy atom. The summed E-state index contributed by atoms with van der Waals surface area (Å²) >= 11 is 3.40. The lowest BCUT2D eigenvalue weighted by Crippen LogP contribution is -2.30. The van der Waals surface area contributed by atoms with E-state index in [1.807, 2.05) is 26.0 Å². The standard InChI is InChI=1S/C13H19BrN2O2/c1-4-15-8-9(2)13(17)16-12-7-10(18-3)5-6-11(12)14/h5-7,9,15H,4,8H2,1-3H3,(H,16,17). The maximum absolute atomic E-state index is 12.0. The normalized spacial score (nSPS) is 12.0. The van der Waals surface area contributed by atoms with Crippen LogP contribution in [0.1, 0.15) is 13.8 Å². The number of benzene rings is 1. The summed E-state index contributed by atoms with van der Waals surface area (Å²) in [5.41, 5.74) is 0.725. The number of nitrogens with one attached hydrogen (secondary N) is 2. The van der Waals surface area contributed by atoms with E-state index in [1.54, 1.807) is 13.2 Å². The number of hydrogen-bond donors (Lipinski definition) is 2. The second-order valence-electron chi connectivity index (χ2n) is 4.04. The average Bonchev–Trinajstić information content (AvgIpc) is 2.38. The van der Waals surface area contributed by atoms with Gasteiger partial charge in [0.25, 0.3) is 0 Å². The van der Waals surface area contributed by atoms with Gasteiger partial charge in [-0.3, -0.25) is 4.79 Å². The van der Waals surface area contributed by atoms with E-state index in [0.717, 1.165) is 16.7 Å². The minimum absolute atomic E-state index is 0.00935. The van der Waals surface area contributed by atoms with E-state index in [9.17, 15) is 4.79 Å². The molecule has 1 atom stereocenters. The molecule has 0 heterocycles. The Hall–Kier alpha value is -1.07. The fourth-order valence-electron chi connectivity index (χ4n) is 1.44. The number of methoxy groups -OCH3 is 1. The molecule has 0 aliphatic carbocycles. The van der Waals surface area contributed by atoms with Gasteiger partial charge in [0.2, 0.25) is 5.91 Å². The third kappa shape index (κ3) is 4.31. The zero-order valence-electron chi connectivity index (χ0n) is 10.9. The molecule has 2 N–H and O–H groups in total. The molecule has 1 unspecified atom stereocenters. The lowest BCUT2D eigenvalue weighted by Gasteiger charge is -2.14. The monoisotopic (exact) mass is 314 g/mol. The van der Waals surface area contributed by atoms with Crippen LogP contribution in [0.4, 0.5) is 5.69 Å². The van der Waals surface area contributed by atoms with Gasteiger partial charge in [0, 0.05) is 23.0 Å². The summed E-state index contributed by atoms with van der Waals surface area (Å²) in [6.45, 7) is 5.44. The summed E-state index contributed by atoms with van der Waals surface area (Å²) in [5.74, 6) is 0.626. The van der Waals surface area contributed by atoms with Crippen LogP contribution in [0, 0.1) is 5.92 Å². The molecule has 0 aromatic heterocycles. The molecular weight excluding hydrogens is 296 g/mol. The zero-order chi connectivity index (χ0) is 13.5. The molecule has 0 fully saturated rings. The Kier molecular flexibility index (Phi) is 6.15. The minimum Gasteiger partial charge on any atom is -0.497 e. The number of carbonyl (C=O) groups is 1. The van der Waals surface area contributed by atoms with Crippen LogP contribution in [0.15, 0.2) is 22.7 Å². The first-order chi connectivity index (χ1) is 8.58. The van der Waals surface area contributed by atoms with Gasteiger partial charge in [-0.25, -0.2) is 0 Å². The fraction of sp³-hybridized carbons (Fsp3) is 0.462. The molecule has 1 aromatic carbocycles. The van der Waals surface area contributed by atoms with Gasteiger partial charge in [0.15, 0.2) is 0 Å². The predicted molar refractivity (Wildman–Crippen MR) is 77.0 cm³/mol. The molecule has 0 saturated carbocycles. The lowest BCUT2D eigenvalue weighted by molar-refractivity contribution is -0.119. The summed E-state index contributed by atoms with van der Waals surface area (Å²) in [4.78, 5) is 12.0. The predicted octanol–water partition coefficient (Wildman–Crippen LogP) is 2.64. The molecule has 18 heavy (non-hydrogen) atoms. The van der Waals surface area contributed by atoms with E-state index in [1.165, 1.54) is 0 Å². The van der Waals surface area contributed by atoms with Crippen LogP contribution in [0.5, 0.6) is 5.75 Å². The van der Waals surface area contributed by atoms with Gasteiger partial charge in [-0.2, -0.15) is 0 Å². The molecule has 1 aromatic rings. The topological polar surface area (TPSA) is 50.4 Å². The second-order valence-corrected chi connectivity index (χ2v) is 4.90. The summed E-state index contributed by atoms with van der Waals surface area (Å²) in [6.07, 6.45) is 0. The Labute approximate surface area is 116 Å². The highest BCUT2D eigenvalue weighted by molar-refractivity contribution is 9.10. The molecule has 0 radical (unpaired) electrons. The largest absolute Gasteiger partial charge is 0.497 e. The maximum Gasteiger partial charge on any atom is 0.228 e. The molecule has 4 nitrogen and oxygen atoms in total. The Morgan fingerprint density at radius 2 is 2.22 bits per heavy atom. The first kappa shape index (κ1) is 15.0. The number of hydrogen-bond acceptors (Lipinski definition) is 3. The van der Waals surface area contributed by atoms with Crippen LogP contribution < -0.4 is 15.4 Å². The molecule has 100 valence electrons. The minimum atomic E-state index is -0.0805. The highest BCUT2D eigenvalue weighted by Crippen LogP contribution is 2.27. The number of ether oxygens (including phenoxy) is 1. The molecule has 0 bridgehead atoms. The molecule has 0 aliphatic rings. The van der Waals surface area contributed by atoms with Crippen LogP contribution in [0.3, 0.4) is 0 Å². The van der Waals surface area contributed by atoms with Crippen LogP contribution in [-0.4, -0.2) is 26.1 Å². The van der Waals surface area contributed by atoms with Crippen molar-refractivity contribution >= 4 is 27.5 Å². The number of rotatable bonds is 6. The SMILES string of the molecule is CCNCC(C)C(=O)Nc1cc(OC)ccc1Br. The lowest BCUT2D eigenvalue weighted by atomic mass is 10.1. The van der Waals surface area contributed by atoms with E-state index in [2.05, 4.69) is 26.6 Å². The maximum atomic E-state index is 12.0. The Balaban J connectivity index is 2.68. The molecule has 1 amide bonds.